The molecular weight excluding hydrogens is 178 g/mol. The van der Waals surface area contributed by atoms with E-state index in [0.717, 1.165) is 18.9 Å². The van der Waals surface area contributed by atoms with Crippen molar-refractivity contribution in [3.05, 3.63) is 18.3 Å². The van der Waals surface area contributed by atoms with Crippen molar-refractivity contribution in [2.24, 2.45) is 0 Å². The average Bonchev–Trinajstić information content (AvgIpc) is 2.17. The van der Waals surface area contributed by atoms with Crippen LogP contribution in [-0.4, -0.2) is 38.3 Å². The minimum absolute atomic E-state index is 0.390. The molecule has 0 bridgehead atoms. The highest BCUT2D eigenvalue weighted by molar-refractivity contribution is 5.55. The molecule has 0 spiro atoms. The summed E-state index contributed by atoms with van der Waals surface area (Å²) < 4.78 is 5.22. The van der Waals surface area contributed by atoms with E-state index < -0.39 is 0 Å². The molecule has 0 radical (unpaired) electrons. The van der Waals surface area contributed by atoms with Crippen molar-refractivity contribution in [3.63, 3.8) is 0 Å². The van der Waals surface area contributed by atoms with Gasteiger partial charge in [-0.25, -0.2) is 4.98 Å². The molecule has 4 nitrogen and oxygen atoms in total. The molecule has 0 unspecified atom stereocenters. The maximum absolute atomic E-state index is 5.22. The third-order valence-electron chi connectivity index (χ3n) is 2.55. The Kier molecular flexibility index (Phi) is 2.54. The van der Waals surface area contributed by atoms with Crippen LogP contribution >= 0.6 is 0 Å². The smallest absolute Gasteiger partial charge is 0.127 e. The molecule has 2 rings (SSSR count). The van der Waals surface area contributed by atoms with Gasteiger partial charge in [0.1, 0.15) is 5.82 Å². The molecule has 0 aliphatic carbocycles. The van der Waals surface area contributed by atoms with Gasteiger partial charge >= 0.3 is 0 Å². The predicted octanol–water partition coefficient (Wildman–Crippen LogP) is 0.958. The zero-order chi connectivity index (χ0) is 9.97. The summed E-state index contributed by atoms with van der Waals surface area (Å²) in [6.07, 6.45) is 2.21. The van der Waals surface area contributed by atoms with Gasteiger partial charge in [-0.2, -0.15) is 0 Å². The van der Waals surface area contributed by atoms with E-state index in [9.17, 15) is 0 Å². The van der Waals surface area contributed by atoms with Crippen molar-refractivity contribution in [3.8, 4) is 0 Å². The SMILES string of the molecule is CNc1cc(N2CC(OC)C2)ccn1. The van der Waals surface area contributed by atoms with Crippen LogP contribution in [0.25, 0.3) is 0 Å². The Morgan fingerprint density at radius 3 is 3.00 bits per heavy atom. The van der Waals surface area contributed by atoms with Crippen molar-refractivity contribution in [2.45, 2.75) is 6.10 Å². The molecule has 0 amide bonds. The molecule has 14 heavy (non-hydrogen) atoms. The molecule has 0 saturated carbocycles. The molecule has 1 aliphatic heterocycles. The molecular formula is C10H15N3O. The fraction of sp³-hybridized carbons (Fsp3) is 0.500. The number of hydrogen-bond donors (Lipinski definition) is 1. The number of aromatic nitrogens is 1. The second-order valence-electron chi connectivity index (χ2n) is 3.41. The first-order valence-electron chi connectivity index (χ1n) is 4.75. The molecule has 4 heteroatoms. The van der Waals surface area contributed by atoms with E-state index in [2.05, 4.69) is 15.2 Å². The number of nitrogens with one attached hydrogen (secondary N) is 1. The lowest BCUT2D eigenvalue weighted by atomic mass is 10.1. The van der Waals surface area contributed by atoms with Crippen molar-refractivity contribution < 1.29 is 4.74 Å². The Bertz CT molecular complexity index is 310. The number of nitrogens with zero attached hydrogens (tertiary/aromatic N) is 2. The van der Waals surface area contributed by atoms with E-state index in [-0.39, 0.29) is 0 Å². The standard InChI is InChI=1S/C10H15N3O/c1-11-10-5-8(3-4-12-10)13-6-9(7-13)14-2/h3-5,9H,6-7H2,1-2H3,(H,11,12). The zero-order valence-electron chi connectivity index (χ0n) is 8.53. The van der Waals surface area contributed by atoms with E-state index in [1.54, 1.807) is 7.11 Å². The Hall–Kier alpha value is -1.29. The van der Waals surface area contributed by atoms with Gasteiger partial charge in [-0.05, 0) is 6.07 Å². The number of rotatable bonds is 3. The molecule has 76 valence electrons. The Morgan fingerprint density at radius 2 is 2.36 bits per heavy atom. The van der Waals surface area contributed by atoms with Crippen LogP contribution in [0.4, 0.5) is 11.5 Å². The van der Waals surface area contributed by atoms with Gasteiger partial charge in [0.25, 0.3) is 0 Å². The van der Waals surface area contributed by atoms with Crippen LogP contribution in [0, 0.1) is 0 Å². The first-order valence-corrected chi connectivity index (χ1v) is 4.75. The minimum atomic E-state index is 0.390. The van der Waals surface area contributed by atoms with E-state index in [0.29, 0.717) is 6.10 Å². The molecule has 0 aromatic carbocycles. The summed E-state index contributed by atoms with van der Waals surface area (Å²) in [6, 6.07) is 4.07. The summed E-state index contributed by atoms with van der Waals surface area (Å²) >= 11 is 0. The van der Waals surface area contributed by atoms with Gasteiger partial charge in [0, 0.05) is 45.2 Å². The van der Waals surface area contributed by atoms with Gasteiger partial charge in [-0.3, -0.25) is 0 Å². The number of pyridine rings is 1. The van der Waals surface area contributed by atoms with Crippen molar-refractivity contribution >= 4 is 11.5 Å². The molecule has 1 saturated heterocycles. The highest BCUT2D eigenvalue weighted by Crippen LogP contribution is 2.23. The fourth-order valence-corrected chi connectivity index (χ4v) is 1.55. The lowest BCUT2D eigenvalue weighted by Gasteiger charge is -2.39. The molecule has 1 aromatic heterocycles. The van der Waals surface area contributed by atoms with Crippen LogP contribution in [0.3, 0.4) is 0 Å². The van der Waals surface area contributed by atoms with Gasteiger partial charge in [0.15, 0.2) is 0 Å². The van der Waals surface area contributed by atoms with Crippen LogP contribution in [0.2, 0.25) is 0 Å². The monoisotopic (exact) mass is 193 g/mol. The van der Waals surface area contributed by atoms with E-state index >= 15 is 0 Å². The second-order valence-corrected chi connectivity index (χ2v) is 3.41. The van der Waals surface area contributed by atoms with Gasteiger partial charge in [0.2, 0.25) is 0 Å². The van der Waals surface area contributed by atoms with Gasteiger partial charge in [0.05, 0.1) is 6.10 Å². The van der Waals surface area contributed by atoms with Crippen LogP contribution in [0.15, 0.2) is 18.3 Å². The second kappa shape index (κ2) is 3.84. The largest absolute Gasteiger partial charge is 0.378 e. The third-order valence-corrected chi connectivity index (χ3v) is 2.55. The molecule has 1 aliphatic rings. The van der Waals surface area contributed by atoms with Crippen molar-refractivity contribution in [1.82, 2.24) is 4.98 Å². The predicted molar refractivity (Wildman–Crippen MR) is 56.8 cm³/mol. The molecule has 2 heterocycles. The topological polar surface area (TPSA) is 37.4 Å². The summed E-state index contributed by atoms with van der Waals surface area (Å²) in [7, 11) is 3.63. The summed E-state index contributed by atoms with van der Waals surface area (Å²) in [4.78, 5) is 6.44. The van der Waals surface area contributed by atoms with Gasteiger partial charge in [-0.15, -0.1) is 0 Å². The summed E-state index contributed by atoms with van der Waals surface area (Å²) in [5.41, 5.74) is 1.21. The Balaban J connectivity index is 2.03. The van der Waals surface area contributed by atoms with Crippen LogP contribution in [-0.2, 0) is 4.74 Å². The lowest BCUT2D eigenvalue weighted by Crippen LogP contribution is -2.51. The molecule has 0 atom stereocenters. The first-order chi connectivity index (χ1) is 6.83. The van der Waals surface area contributed by atoms with E-state index in [1.165, 1.54) is 5.69 Å². The van der Waals surface area contributed by atoms with E-state index in [1.807, 2.05) is 25.4 Å². The maximum atomic E-state index is 5.22. The maximum Gasteiger partial charge on any atom is 0.127 e. The number of methoxy groups -OCH3 is 1. The van der Waals surface area contributed by atoms with Gasteiger partial charge < -0.3 is 15.0 Å². The Labute approximate surface area is 83.9 Å². The van der Waals surface area contributed by atoms with Gasteiger partial charge in [-0.1, -0.05) is 0 Å². The van der Waals surface area contributed by atoms with Crippen LogP contribution in [0.5, 0.6) is 0 Å². The van der Waals surface area contributed by atoms with Crippen molar-refractivity contribution in [2.75, 3.05) is 37.5 Å². The zero-order valence-corrected chi connectivity index (χ0v) is 8.53. The number of hydrogen-bond acceptors (Lipinski definition) is 4. The first kappa shape index (κ1) is 9.27. The molecule has 1 N–H and O–H groups in total. The quantitative estimate of drug-likeness (QED) is 0.775. The highest BCUT2D eigenvalue weighted by Gasteiger charge is 2.26. The lowest BCUT2D eigenvalue weighted by molar-refractivity contribution is 0.0787. The van der Waals surface area contributed by atoms with Crippen LogP contribution < -0.4 is 10.2 Å². The van der Waals surface area contributed by atoms with Crippen molar-refractivity contribution in [1.29, 1.82) is 0 Å². The average molecular weight is 193 g/mol. The highest BCUT2D eigenvalue weighted by atomic mass is 16.5. The summed E-state index contributed by atoms with van der Waals surface area (Å²) in [5, 5.41) is 3.03. The summed E-state index contributed by atoms with van der Waals surface area (Å²) in [6.45, 7) is 1.95. The third kappa shape index (κ3) is 1.65. The summed E-state index contributed by atoms with van der Waals surface area (Å²) in [5.74, 6) is 0.906. The Morgan fingerprint density at radius 1 is 1.57 bits per heavy atom. The number of ether oxygens (including phenoxy) is 1. The minimum Gasteiger partial charge on any atom is -0.378 e. The molecule has 1 aromatic rings. The van der Waals surface area contributed by atoms with E-state index in [4.69, 9.17) is 4.74 Å². The normalized spacial score (nSPS) is 16.6. The van der Waals surface area contributed by atoms with Crippen LogP contribution in [0.1, 0.15) is 0 Å². The fourth-order valence-electron chi connectivity index (χ4n) is 1.55. The number of anilines is 2. The molecule has 1 fully saturated rings.